The van der Waals surface area contributed by atoms with Crippen LogP contribution < -0.4 is 4.74 Å². The van der Waals surface area contributed by atoms with Crippen LogP contribution in [0.25, 0.3) is 0 Å². The molecule has 0 amide bonds. The van der Waals surface area contributed by atoms with Crippen LogP contribution in [0.4, 0.5) is 0 Å². The minimum atomic E-state index is -0.192. The van der Waals surface area contributed by atoms with E-state index in [0.717, 1.165) is 35.5 Å². The first-order chi connectivity index (χ1) is 10.3. The molecule has 0 bridgehead atoms. The zero-order chi connectivity index (χ0) is 14.7. The van der Waals surface area contributed by atoms with Crippen LogP contribution >= 0.6 is 11.3 Å². The summed E-state index contributed by atoms with van der Waals surface area (Å²) in [5, 5.41) is 0. The van der Waals surface area contributed by atoms with Gasteiger partial charge in [0, 0.05) is 11.3 Å². The predicted octanol–water partition coefficient (Wildman–Crippen LogP) is 3.64. The van der Waals surface area contributed by atoms with Crippen molar-refractivity contribution in [2.75, 3.05) is 13.7 Å². The molecule has 0 saturated heterocycles. The van der Waals surface area contributed by atoms with Gasteiger partial charge in [-0.15, -0.1) is 11.3 Å². The van der Waals surface area contributed by atoms with E-state index in [-0.39, 0.29) is 5.97 Å². The Kier molecular flexibility index (Phi) is 4.25. The SMILES string of the molecule is COc1ccc(CCOC(=O)c2cc3c(s2)CCC3)cc1. The fourth-order valence-electron chi connectivity index (χ4n) is 2.55. The van der Waals surface area contributed by atoms with Gasteiger partial charge in [0.1, 0.15) is 10.6 Å². The minimum Gasteiger partial charge on any atom is -0.497 e. The number of benzene rings is 1. The molecule has 3 nitrogen and oxygen atoms in total. The molecule has 1 aromatic carbocycles. The van der Waals surface area contributed by atoms with Crippen LogP contribution in [-0.4, -0.2) is 19.7 Å². The number of fused-ring (bicyclic) bond motifs is 1. The minimum absolute atomic E-state index is 0.192. The topological polar surface area (TPSA) is 35.5 Å². The molecule has 21 heavy (non-hydrogen) atoms. The van der Waals surface area contributed by atoms with E-state index in [9.17, 15) is 4.79 Å². The normalized spacial score (nSPS) is 13.0. The predicted molar refractivity (Wildman–Crippen MR) is 83.3 cm³/mol. The van der Waals surface area contributed by atoms with Crippen molar-refractivity contribution in [3.05, 3.63) is 51.2 Å². The Morgan fingerprint density at radius 1 is 1.24 bits per heavy atom. The van der Waals surface area contributed by atoms with Crippen LogP contribution in [0.5, 0.6) is 5.75 Å². The van der Waals surface area contributed by atoms with Crippen molar-refractivity contribution in [3.63, 3.8) is 0 Å². The summed E-state index contributed by atoms with van der Waals surface area (Å²) in [7, 11) is 1.65. The summed E-state index contributed by atoms with van der Waals surface area (Å²) < 4.78 is 10.5. The van der Waals surface area contributed by atoms with E-state index < -0.39 is 0 Å². The third kappa shape index (κ3) is 3.27. The van der Waals surface area contributed by atoms with E-state index in [0.29, 0.717) is 6.61 Å². The van der Waals surface area contributed by atoms with E-state index in [4.69, 9.17) is 9.47 Å². The second-order valence-electron chi connectivity index (χ2n) is 5.15. The zero-order valence-electron chi connectivity index (χ0n) is 12.1. The van der Waals surface area contributed by atoms with Gasteiger partial charge in [-0.1, -0.05) is 12.1 Å². The number of aryl methyl sites for hydroxylation is 2. The fraction of sp³-hybridized carbons (Fsp3) is 0.353. The number of carbonyl (C=O) groups excluding carboxylic acids is 1. The van der Waals surface area contributed by atoms with Crippen LogP contribution in [0.2, 0.25) is 0 Å². The smallest absolute Gasteiger partial charge is 0.348 e. The second kappa shape index (κ2) is 6.31. The summed E-state index contributed by atoms with van der Waals surface area (Å²) in [6, 6.07) is 9.82. The second-order valence-corrected chi connectivity index (χ2v) is 6.28. The molecular weight excluding hydrogens is 284 g/mol. The molecular formula is C17H18O3S. The number of hydrogen-bond donors (Lipinski definition) is 0. The van der Waals surface area contributed by atoms with Gasteiger partial charge in [0.05, 0.1) is 13.7 Å². The lowest BCUT2D eigenvalue weighted by molar-refractivity contribution is 0.0515. The number of thiophene rings is 1. The average Bonchev–Trinajstić information content (AvgIpc) is 3.09. The molecule has 2 aromatic rings. The molecule has 1 aliphatic rings. The van der Waals surface area contributed by atoms with Crippen LogP contribution in [0.15, 0.2) is 30.3 Å². The summed E-state index contributed by atoms with van der Waals surface area (Å²) in [6.07, 6.45) is 4.15. The molecule has 0 spiro atoms. The van der Waals surface area contributed by atoms with Crippen molar-refractivity contribution in [1.82, 2.24) is 0 Å². The molecule has 0 unspecified atom stereocenters. The van der Waals surface area contributed by atoms with Gasteiger partial charge in [0.25, 0.3) is 0 Å². The lowest BCUT2D eigenvalue weighted by Gasteiger charge is -2.05. The quantitative estimate of drug-likeness (QED) is 0.791. The number of carbonyl (C=O) groups is 1. The van der Waals surface area contributed by atoms with Gasteiger partial charge in [-0.3, -0.25) is 0 Å². The van der Waals surface area contributed by atoms with Crippen molar-refractivity contribution in [2.24, 2.45) is 0 Å². The Morgan fingerprint density at radius 3 is 2.76 bits per heavy atom. The number of esters is 1. The standard InChI is InChI=1S/C17H18O3S/c1-19-14-7-5-12(6-8-14)9-10-20-17(18)16-11-13-3-2-4-15(13)21-16/h5-8,11H,2-4,9-10H2,1H3. The first kappa shape index (κ1) is 14.1. The summed E-state index contributed by atoms with van der Waals surface area (Å²) >= 11 is 1.59. The van der Waals surface area contributed by atoms with E-state index in [1.165, 1.54) is 16.9 Å². The molecule has 1 aromatic heterocycles. The highest BCUT2D eigenvalue weighted by atomic mass is 32.1. The lowest BCUT2D eigenvalue weighted by Crippen LogP contribution is -2.06. The van der Waals surface area contributed by atoms with E-state index in [1.54, 1.807) is 18.4 Å². The Morgan fingerprint density at radius 2 is 2.05 bits per heavy atom. The van der Waals surface area contributed by atoms with Gasteiger partial charge in [-0.25, -0.2) is 4.79 Å². The van der Waals surface area contributed by atoms with E-state index in [1.807, 2.05) is 30.3 Å². The van der Waals surface area contributed by atoms with Crippen molar-refractivity contribution in [2.45, 2.75) is 25.7 Å². The molecule has 0 N–H and O–H groups in total. The molecule has 0 atom stereocenters. The number of ether oxygens (including phenoxy) is 2. The lowest BCUT2D eigenvalue weighted by atomic mass is 10.1. The van der Waals surface area contributed by atoms with Gasteiger partial charge < -0.3 is 9.47 Å². The van der Waals surface area contributed by atoms with Crippen LogP contribution in [-0.2, 0) is 24.0 Å². The third-order valence-electron chi connectivity index (χ3n) is 3.73. The maximum atomic E-state index is 12.0. The number of rotatable bonds is 5. The number of hydrogen-bond acceptors (Lipinski definition) is 4. The highest BCUT2D eigenvalue weighted by Gasteiger charge is 2.19. The molecule has 0 radical (unpaired) electrons. The van der Waals surface area contributed by atoms with E-state index in [2.05, 4.69) is 0 Å². The summed E-state index contributed by atoms with van der Waals surface area (Å²) in [5.74, 6) is 0.645. The van der Waals surface area contributed by atoms with Crippen LogP contribution in [0.1, 0.15) is 32.1 Å². The zero-order valence-corrected chi connectivity index (χ0v) is 12.9. The first-order valence-electron chi connectivity index (χ1n) is 7.18. The van der Waals surface area contributed by atoms with Gasteiger partial charge in [-0.05, 0) is 48.6 Å². The van der Waals surface area contributed by atoms with E-state index >= 15 is 0 Å². The molecule has 0 aliphatic heterocycles. The Bertz CT molecular complexity index is 606. The van der Waals surface area contributed by atoms with Gasteiger partial charge in [0.2, 0.25) is 0 Å². The molecule has 0 fully saturated rings. The summed E-state index contributed by atoms with van der Waals surface area (Å²) in [4.78, 5) is 14.1. The maximum Gasteiger partial charge on any atom is 0.348 e. The fourth-order valence-corrected chi connectivity index (χ4v) is 3.70. The van der Waals surface area contributed by atoms with Gasteiger partial charge >= 0.3 is 5.97 Å². The largest absolute Gasteiger partial charge is 0.497 e. The van der Waals surface area contributed by atoms with Crippen molar-refractivity contribution >= 4 is 17.3 Å². The Hall–Kier alpha value is -1.81. The summed E-state index contributed by atoms with van der Waals surface area (Å²) in [6.45, 7) is 0.410. The van der Waals surface area contributed by atoms with Crippen molar-refractivity contribution in [3.8, 4) is 5.75 Å². The van der Waals surface area contributed by atoms with Gasteiger partial charge in [0.15, 0.2) is 0 Å². The molecule has 110 valence electrons. The highest BCUT2D eigenvalue weighted by molar-refractivity contribution is 7.14. The highest BCUT2D eigenvalue weighted by Crippen LogP contribution is 2.30. The molecule has 4 heteroatoms. The summed E-state index contributed by atoms with van der Waals surface area (Å²) in [5.41, 5.74) is 2.47. The van der Waals surface area contributed by atoms with Crippen molar-refractivity contribution < 1.29 is 14.3 Å². The Balaban J connectivity index is 1.51. The molecule has 1 aliphatic carbocycles. The number of methoxy groups -OCH3 is 1. The van der Waals surface area contributed by atoms with Crippen molar-refractivity contribution in [1.29, 1.82) is 0 Å². The monoisotopic (exact) mass is 302 g/mol. The molecule has 1 heterocycles. The first-order valence-corrected chi connectivity index (χ1v) is 7.99. The Labute approximate surface area is 128 Å². The molecule has 3 rings (SSSR count). The van der Waals surface area contributed by atoms with Crippen LogP contribution in [0, 0.1) is 0 Å². The molecule has 0 saturated carbocycles. The van der Waals surface area contributed by atoms with Gasteiger partial charge in [-0.2, -0.15) is 0 Å². The maximum absolute atomic E-state index is 12.0. The average molecular weight is 302 g/mol. The third-order valence-corrected chi connectivity index (χ3v) is 4.95. The van der Waals surface area contributed by atoms with Crippen LogP contribution in [0.3, 0.4) is 0 Å².